The average Bonchev–Trinajstić information content (AvgIpc) is 3.02. The van der Waals surface area contributed by atoms with E-state index >= 15 is 0 Å². The lowest BCUT2D eigenvalue weighted by Gasteiger charge is -2.10. The fourth-order valence-electron chi connectivity index (χ4n) is 2.60. The molecule has 3 aromatic rings. The number of amides is 1. The minimum Gasteiger partial charge on any atom is -0.497 e. The van der Waals surface area contributed by atoms with Crippen molar-refractivity contribution >= 4 is 22.4 Å². The third-order valence-corrected chi connectivity index (χ3v) is 4.47. The van der Waals surface area contributed by atoms with Crippen molar-refractivity contribution in [3.05, 3.63) is 58.5 Å². The summed E-state index contributed by atoms with van der Waals surface area (Å²) >= 11 is 1.32. The minimum absolute atomic E-state index is 0.195. The average molecular weight is 357 g/mol. The Labute approximate surface area is 148 Å². The highest BCUT2D eigenvalue weighted by molar-refractivity contribution is 7.14. The second kappa shape index (κ2) is 6.98. The maximum Gasteiger partial charge on any atom is 0.257 e. The van der Waals surface area contributed by atoms with Gasteiger partial charge < -0.3 is 4.74 Å². The summed E-state index contributed by atoms with van der Waals surface area (Å²) in [6, 6.07) is 6.42. The number of methoxy groups -OCH3 is 1. The number of carbonyl (C=O) groups is 1. The van der Waals surface area contributed by atoms with Gasteiger partial charge in [0.15, 0.2) is 5.13 Å². The van der Waals surface area contributed by atoms with Crippen LogP contribution < -0.4 is 10.1 Å². The Morgan fingerprint density at radius 1 is 1.24 bits per heavy atom. The quantitative estimate of drug-likeness (QED) is 0.710. The molecule has 7 heteroatoms. The van der Waals surface area contributed by atoms with Gasteiger partial charge in [0.2, 0.25) is 5.95 Å². The molecule has 0 aliphatic rings. The van der Waals surface area contributed by atoms with Crippen LogP contribution in [0.3, 0.4) is 0 Å². The maximum atomic E-state index is 13.1. The van der Waals surface area contributed by atoms with Gasteiger partial charge in [-0.25, -0.2) is 9.97 Å². The number of benzene rings is 1. The number of hydrogen-bond acceptors (Lipinski definition) is 5. The largest absolute Gasteiger partial charge is 0.497 e. The molecule has 0 spiro atoms. The highest BCUT2D eigenvalue weighted by Crippen LogP contribution is 2.33. The Bertz CT molecular complexity index is 917. The molecular formula is C18H16FN3O2S. The molecule has 128 valence electrons. The van der Waals surface area contributed by atoms with Crippen LogP contribution in [0.25, 0.3) is 11.3 Å². The number of nitrogens with one attached hydrogen (secondary N) is 1. The van der Waals surface area contributed by atoms with Crippen LogP contribution in [0.4, 0.5) is 9.52 Å². The summed E-state index contributed by atoms with van der Waals surface area (Å²) in [4.78, 5) is 20.1. The van der Waals surface area contributed by atoms with Gasteiger partial charge in [-0.2, -0.15) is 4.39 Å². The third kappa shape index (κ3) is 3.66. The molecule has 2 heterocycles. The Hall–Kier alpha value is -2.80. The van der Waals surface area contributed by atoms with Crippen molar-refractivity contribution in [2.24, 2.45) is 0 Å². The number of aryl methyl sites for hydroxylation is 2. The molecule has 0 fully saturated rings. The first kappa shape index (κ1) is 17.0. The van der Waals surface area contributed by atoms with Gasteiger partial charge in [0.1, 0.15) is 5.75 Å². The summed E-state index contributed by atoms with van der Waals surface area (Å²) in [5.41, 5.74) is 4.06. The lowest BCUT2D eigenvalue weighted by Crippen LogP contribution is -2.12. The number of pyridine rings is 1. The Balaban J connectivity index is 1.85. The van der Waals surface area contributed by atoms with Gasteiger partial charge in [-0.15, -0.1) is 11.3 Å². The molecule has 5 nitrogen and oxygen atoms in total. The summed E-state index contributed by atoms with van der Waals surface area (Å²) in [7, 11) is 1.63. The zero-order chi connectivity index (χ0) is 18.0. The number of halogens is 1. The van der Waals surface area contributed by atoms with E-state index in [-0.39, 0.29) is 5.56 Å². The van der Waals surface area contributed by atoms with E-state index in [2.05, 4.69) is 15.3 Å². The number of aromatic nitrogens is 2. The highest BCUT2D eigenvalue weighted by atomic mass is 32.1. The molecule has 1 aromatic carbocycles. The molecule has 0 unspecified atom stereocenters. The number of rotatable bonds is 4. The first-order valence-electron chi connectivity index (χ1n) is 7.52. The Morgan fingerprint density at radius 2 is 1.96 bits per heavy atom. The SMILES string of the molecule is COc1cc(C)c(-c2csc(NC(=O)c3ccnc(F)c3)n2)c(C)c1. The van der Waals surface area contributed by atoms with E-state index in [1.807, 2.05) is 31.4 Å². The van der Waals surface area contributed by atoms with Crippen molar-refractivity contribution in [2.75, 3.05) is 12.4 Å². The zero-order valence-electron chi connectivity index (χ0n) is 14.0. The monoisotopic (exact) mass is 357 g/mol. The van der Waals surface area contributed by atoms with Crippen LogP contribution in [-0.2, 0) is 0 Å². The number of ether oxygens (including phenoxy) is 1. The van der Waals surface area contributed by atoms with Crippen LogP contribution in [0.15, 0.2) is 35.8 Å². The molecule has 2 aromatic heterocycles. The van der Waals surface area contributed by atoms with Crippen LogP contribution >= 0.6 is 11.3 Å². The van der Waals surface area contributed by atoms with Crippen molar-refractivity contribution in [2.45, 2.75) is 13.8 Å². The predicted octanol–water partition coefficient (Wildman–Crippen LogP) is 4.22. The Morgan fingerprint density at radius 3 is 2.60 bits per heavy atom. The first-order chi connectivity index (χ1) is 12.0. The molecule has 0 aliphatic carbocycles. The van der Waals surface area contributed by atoms with E-state index in [1.54, 1.807) is 7.11 Å². The number of nitrogens with zero attached hydrogens (tertiary/aromatic N) is 2. The summed E-state index contributed by atoms with van der Waals surface area (Å²) in [6.07, 6.45) is 1.25. The van der Waals surface area contributed by atoms with Gasteiger partial charge in [-0.1, -0.05) is 0 Å². The number of carbonyl (C=O) groups excluding carboxylic acids is 1. The predicted molar refractivity (Wildman–Crippen MR) is 95.7 cm³/mol. The van der Waals surface area contributed by atoms with Crippen molar-refractivity contribution in [1.82, 2.24) is 9.97 Å². The number of anilines is 1. The van der Waals surface area contributed by atoms with Gasteiger partial charge in [0.25, 0.3) is 5.91 Å². The maximum absolute atomic E-state index is 13.1. The van der Waals surface area contributed by atoms with Crippen molar-refractivity contribution < 1.29 is 13.9 Å². The van der Waals surface area contributed by atoms with Gasteiger partial charge in [0, 0.05) is 28.8 Å². The smallest absolute Gasteiger partial charge is 0.257 e. The van der Waals surface area contributed by atoms with Crippen LogP contribution in [0.1, 0.15) is 21.5 Å². The molecule has 3 rings (SSSR count). The molecule has 0 radical (unpaired) electrons. The molecule has 0 aliphatic heterocycles. The van der Waals surface area contributed by atoms with E-state index in [1.165, 1.54) is 23.6 Å². The van der Waals surface area contributed by atoms with E-state index in [9.17, 15) is 9.18 Å². The molecule has 0 saturated carbocycles. The van der Waals surface area contributed by atoms with Crippen molar-refractivity contribution in [1.29, 1.82) is 0 Å². The van der Waals surface area contributed by atoms with Gasteiger partial charge in [-0.05, 0) is 43.2 Å². The van der Waals surface area contributed by atoms with Gasteiger partial charge >= 0.3 is 0 Å². The van der Waals surface area contributed by atoms with Gasteiger partial charge in [0.05, 0.1) is 12.8 Å². The van der Waals surface area contributed by atoms with Crippen LogP contribution in [-0.4, -0.2) is 23.0 Å². The lowest BCUT2D eigenvalue weighted by molar-refractivity contribution is 0.102. The Kier molecular flexibility index (Phi) is 4.76. The molecule has 0 bridgehead atoms. The molecule has 1 amide bonds. The molecule has 0 saturated heterocycles. The van der Waals surface area contributed by atoms with E-state index in [0.717, 1.165) is 34.2 Å². The molecule has 0 atom stereocenters. The van der Waals surface area contributed by atoms with Crippen LogP contribution in [0.5, 0.6) is 5.75 Å². The van der Waals surface area contributed by atoms with Crippen LogP contribution in [0.2, 0.25) is 0 Å². The van der Waals surface area contributed by atoms with Crippen molar-refractivity contribution in [3.8, 4) is 17.0 Å². The highest BCUT2D eigenvalue weighted by Gasteiger charge is 2.14. The lowest BCUT2D eigenvalue weighted by atomic mass is 10.0. The van der Waals surface area contributed by atoms with E-state index in [4.69, 9.17) is 4.74 Å². The minimum atomic E-state index is -0.697. The summed E-state index contributed by atoms with van der Waals surface area (Å²) < 4.78 is 18.4. The first-order valence-corrected chi connectivity index (χ1v) is 8.40. The van der Waals surface area contributed by atoms with Crippen molar-refractivity contribution in [3.63, 3.8) is 0 Å². The second-order valence-corrected chi connectivity index (χ2v) is 6.35. The normalized spacial score (nSPS) is 10.6. The van der Waals surface area contributed by atoms with Crippen LogP contribution in [0, 0.1) is 19.8 Å². The summed E-state index contributed by atoms with van der Waals surface area (Å²) in [6.45, 7) is 3.98. The van der Waals surface area contributed by atoms with E-state index < -0.39 is 11.9 Å². The molecule has 25 heavy (non-hydrogen) atoms. The zero-order valence-corrected chi connectivity index (χ0v) is 14.8. The van der Waals surface area contributed by atoms with E-state index in [0.29, 0.717) is 5.13 Å². The topological polar surface area (TPSA) is 64.1 Å². The second-order valence-electron chi connectivity index (χ2n) is 5.50. The van der Waals surface area contributed by atoms with Gasteiger partial charge in [-0.3, -0.25) is 10.1 Å². The fourth-order valence-corrected chi connectivity index (χ4v) is 3.30. The third-order valence-electron chi connectivity index (χ3n) is 3.71. The number of hydrogen-bond donors (Lipinski definition) is 1. The molecule has 1 N–H and O–H groups in total. The standard InChI is InChI=1S/C18H16FN3O2S/c1-10-6-13(24-3)7-11(2)16(10)14-9-25-18(21-14)22-17(23)12-4-5-20-15(19)8-12/h4-9H,1-3H3,(H,21,22,23). The number of thiazole rings is 1. The fraction of sp³-hybridized carbons (Fsp3) is 0.167. The summed E-state index contributed by atoms with van der Waals surface area (Å²) in [5, 5.41) is 5.02. The molecular weight excluding hydrogens is 341 g/mol. The summed E-state index contributed by atoms with van der Waals surface area (Å²) in [5.74, 6) is -0.329.